The van der Waals surface area contributed by atoms with Crippen molar-refractivity contribution in [1.82, 2.24) is 15.1 Å². The van der Waals surface area contributed by atoms with Gasteiger partial charge in [-0.15, -0.1) is 0 Å². The Balaban J connectivity index is 0.00000218. The number of fused-ring (bicyclic) bond motifs is 2. The van der Waals surface area contributed by atoms with E-state index in [-0.39, 0.29) is 18.9 Å². The monoisotopic (exact) mass is 397 g/mol. The summed E-state index contributed by atoms with van der Waals surface area (Å²) >= 11 is 0. The van der Waals surface area contributed by atoms with Crippen LogP contribution in [0.25, 0.3) is 0 Å². The standard InChI is InChI=1S/C25H37N3O.H2/c29-24(28-14-6-7-15-28)26-23-18-25(22-11-5-4-10-21(22)23)12-16-27(17-13-25)19-20-8-2-1-3-9-20;/h4-5,10-11,20,23H,1-3,6-9,12-19H2,(H,26,29);1H/t23-;/m0./s1. The van der Waals surface area contributed by atoms with E-state index in [0.29, 0.717) is 0 Å². The Morgan fingerprint density at radius 1 is 1.00 bits per heavy atom. The van der Waals surface area contributed by atoms with Crippen molar-refractivity contribution < 1.29 is 6.22 Å². The molecule has 0 bridgehead atoms. The number of hydrogen-bond acceptors (Lipinski definition) is 2. The van der Waals surface area contributed by atoms with Crippen LogP contribution in [-0.4, -0.2) is 48.6 Å². The van der Waals surface area contributed by atoms with Crippen molar-refractivity contribution in [2.75, 3.05) is 32.7 Å². The van der Waals surface area contributed by atoms with E-state index in [1.807, 2.05) is 4.90 Å². The number of amides is 2. The lowest BCUT2D eigenvalue weighted by atomic mass is 9.73. The van der Waals surface area contributed by atoms with Gasteiger partial charge < -0.3 is 15.1 Å². The minimum absolute atomic E-state index is 0. The number of benzene rings is 1. The molecular formula is C25H39N3O. The number of likely N-dealkylation sites (tertiary alicyclic amines) is 2. The molecule has 2 heterocycles. The summed E-state index contributed by atoms with van der Waals surface area (Å²) in [4.78, 5) is 17.5. The molecule has 2 saturated heterocycles. The molecule has 1 aromatic rings. The van der Waals surface area contributed by atoms with Gasteiger partial charge in [0.05, 0.1) is 6.04 Å². The molecular weight excluding hydrogens is 358 g/mol. The summed E-state index contributed by atoms with van der Waals surface area (Å²) in [5.41, 5.74) is 3.16. The van der Waals surface area contributed by atoms with E-state index in [0.717, 1.165) is 38.3 Å². The second-order valence-electron chi connectivity index (χ2n) is 10.1. The molecule has 1 aromatic carbocycles. The van der Waals surface area contributed by atoms with Crippen molar-refractivity contribution in [2.45, 2.75) is 75.7 Å². The number of rotatable bonds is 3. The Kier molecular flexibility index (Phi) is 5.55. The van der Waals surface area contributed by atoms with E-state index in [1.165, 1.54) is 75.7 Å². The Hall–Kier alpha value is -1.55. The first-order chi connectivity index (χ1) is 14.2. The fourth-order valence-electron chi connectivity index (χ4n) is 6.56. The molecule has 4 aliphatic rings. The first-order valence-corrected chi connectivity index (χ1v) is 12.1. The van der Waals surface area contributed by atoms with Crippen LogP contribution in [0, 0.1) is 5.92 Å². The molecule has 2 aliphatic carbocycles. The molecule has 0 unspecified atom stereocenters. The SMILES string of the molecule is O=C(N[C@H]1CC2(CCN(CC3CCCCC3)CC2)c2ccccc21)N1CCCC1.[HH]. The molecule has 2 aliphatic heterocycles. The lowest BCUT2D eigenvalue weighted by Crippen LogP contribution is -2.44. The molecule has 0 radical (unpaired) electrons. The molecule has 29 heavy (non-hydrogen) atoms. The van der Waals surface area contributed by atoms with Gasteiger partial charge in [0.15, 0.2) is 0 Å². The fourth-order valence-corrected chi connectivity index (χ4v) is 6.56. The van der Waals surface area contributed by atoms with E-state index in [1.54, 1.807) is 0 Å². The summed E-state index contributed by atoms with van der Waals surface area (Å²) in [6.07, 6.45) is 13.1. The number of carbonyl (C=O) groups is 1. The number of carbonyl (C=O) groups excluding carboxylic acids is 1. The molecule has 5 rings (SSSR count). The molecule has 1 spiro atoms. The number of urea groups is 1. The van der Waals surface area contributed by atoms with Gasteiger partial charge in [-0.25, -0.2) is 4.79 Å². The summed E-state index contributed by atoms with van der Waals surface area (Å²) in [5, 5.41) is 3.40. The van der Waals surface area contributed by atoms with E-state index in [9.17, 15) is 4.79 Å². The molecule has 3 fully saturated rings. The van der Waals surface area contributed by atoms with E-state index in [2.05, 4.69) is 34.5 Å². The third-order valence-corrected chi connectivity index (χ3v) is 8.25. The van der Waals surface area contributed by atoms with Gasteiger partial charge in [0.25, 0.3) is 0 Å². The number of nitrogens with one attached hydrogen (secondary N) is 1. The Bertz CT molecular complexity index is 719. The molecule has 2 amide bonds. The van der Waals surface area contributed by atoms with Gasteiger partial charge in [-0.1, -0.05) is 43.5 Å². The van der Waals surface area contributed by atoms with Crippen LogP contribution in [0.5, 0.6) is 0 Å². The van der Waals surface area contributed by atoms with Crippen molar-refractivity contribution in [3.05, 3.63) is 35.4 Å². The fraction of sp³-hybridized carbons (Fsp3) is 0.720. The van der Waals surface area contributed by atoms with Crippen molar-refractivity contribution in [1.29, 1.82) is 0 Å². The third-order valence-electron chi connectivity index (χ3n) is 8.25. The molecule has 1 saturated carbocycles. The van der Waals surface area contributed by atoms with Crippen LogP contribution in [0.1, 0.15) is 82.8 Å². The van der Waals surface area contributed by atoms with Gasteiger partial charge in [-0.3, -0.25) is 0 Å². The number of hydrogen-bond donors (Lipinski definition) is 1. The van der Waals surface area contributed by atoms with Crippen molar-refractivity contribution in [2.24, 2.45) is 5.92 Å². The highest BCUT2D eigenvalue weighted by molar-refractivity contribution is 5.75. The zero-order chi connectivity index (χ0) is 19.7. The summed E-state index contributed by atoms with van der Waals surface area (Å²) in [7, 11) is 0. The molecule has 4 heteroatoms. The summed E-state index contributed by atoms with van der Waals surface area (Å²) in [5.74, 6) is 0.932. The zero-order valence-corrected chi connectivity index (χ0v) is 17.9. The van der Waals surface area contributed by atoms with Gasteiger partial charge in [0, 0.05) is 26.5 Å². The van der Waals surface area contributed by atoms with Gasteiger partial charge in [-0.05, 0) is 75.1 Å². The largest absolute Gasteiger partial charge is 0.331 e. The highest BCUT2D eigenvalue weighted by Crippen LogP contribution is 2.50. The topological polar surface area (TPSA) is 35.6 Å². The minimum atomic E-state index is 0. The highest BCUT2D eigenvalue weighted by Gasteiger charge is 2.46. The van der Waals surface area contributed by atoms with Crippen LogP contribution in [0.4, 0.5) is 4.79 Å². The van der Waals surface area contributed by atoms with Gasteiger partial charge >= 0.3 is 6.03 Å². The van der Waals surface area contributed by atoms with Crippen LogP contribution < -0.4 is 5.32 Å². The van der Waals surface area contributed by atoms with E-state index >= 15 is 0 Å². The average Bonchev–Trinajstić information content (AvgIpc) is 3.39. The second-order valence-corrected chi connectivity index (χ2v) is 10.1. The van der Waals surface area contributed by atoms with Gasteiger partial charge in [-0.2, -0.15) is 0 Å². The Morgan fingerprint density at radius 3 is 2.48 bits per heavy atom. The van der Waals surface area contributed by atoms with Crippen molar-refractivity contribution >= 4 is 6.03 Å². The molecule has 160 valence electrons. The maximum absolute atomic E-state index is 12.8. The van der Waals surface area contributed by atoms with Gasteiger partial charge in [0.2, 0.25) is 0 Å². The third kappa shape index (κ3) is 3.93. The molecule has 0 aromatic heterocycles. The normalized spacial score (nSPS) is 27.3. The van der Waals surface area contributed by atoms with Crippen LogP contribution in [0.15, 0.2) is 24.3 Å². The van der Waals surface area contributed by atoms with Crippen LogP contribution >= 0.6 is 0 Å². The number of piperidine rings is 1. The molecule has 1 atom stereocenters. The minimum Gasteiger partial charge on any atom is -0.331 e. The van der Waals surface area contributed by atoms with E-state index < -0.39 is 0 Å². The molecule has 4 nitrogen and oxygen atoms in total. The predicted molar refractivity (Wildman–Crippen MR) is 119 cm³/mol. The lowest BCUT2D eigenvalue weighted by Gasteiger charge is -2.42. The van der Waals surface area contributed by atoms with E-state index in [4.69, 9.17) is 0 Å². The van der Waals surface area contributed by atoms with Crippen molar-refractivity contribution in [3.8, 4) is 0 Å². The second kappa shape index (κ2) is 8.29. The van der Waals surface area contributed by atoms with Crippen LogP contribution in [-0.2, 0) is 5.41 Å². The van der Waals surface area contributed by atoms with Gasteiger partial charge in [0.1, 0.15) is 0 Å². The van der Waals surface area contributed by atoms with Crippen LogP contribution in [0.2, 0.25) is 0 Å². The smallest absolute Gasteiger partial charge is 0.317 e. The summed E-state index contributed by atoms with van der Waals surface area (Å²) in [6.45, 7) is 5.59. The lowest BCUT2D eigenvalue weighted by molar-refractivity contribution is 0.124. The summed E-state index contributed by atoms with van der Waals surface area (Å²) in [6, 6.07) is 9.27. The maximum atomic E-state index is 12.8. The average molecular weight is 398 g/mol. The first kappa shape index (κ1) is 19.4. The van der Waals surface area contributed by atoms with Crippen molar-refractivity contribution in [3.63, 3.8) is 0 Å². The Labute approximate surface area is 177 Å². The highest BCUT2D eigenvalue weighted by atomic mass is 16.2. The maximum Gasteiger partial charge on any atom is 0.317 e. The van der Waals surface area contributed by atoms with Crippen LogP contribution in [0.3, 0.4) is 0 Å². The first-order valence-electron chi connectivity index (χ1n) is 12.1. The quantitative estimate of drug-likeness (QED) is 0.770. The zero-order valence-electron chi connectivity index (χ0n) is 17.9. The molecule has 1 N–H and O–H groups in total. The summed E-state index contributed by atoms with van der Waals surface area (Å²) < 4.78 is 0. The predicted octanol–water partition coefficient (Wildman–Crippen LogP) is 5.10. The number of nitrogens with zero attached hydrogens (tertiary/aromatic N) is 2. The Morgan fingerprint density at radius 2 is 1.72 bits per heavy atom.